The first-order chi connectivity index (χ1) is 10.6. The minimum absolute atomic E-state index is 0. The van der Waals surface area contributed by atoms with Crippen LogP contribution in [0.15, 0.2) is 0 Å². The van der Waals surface area contributed by atoms with Crippen LogP contribution < -0.4 is 0 Å². The molecular formula is C14H21NO6U2-2. The molecule has 0 aromatic heterocycles. The molecule has 0 aromatic carbocycles. The molecule has 4 aliphatic heterocycles. The van der Waals surface area contributed by atoms with E-state index in [1.807, 2.05) is 7.05 Å². The van der Waals surface area contributed by atoms with Gasteiger partial charge in [-0.3, -0.25) is 4.84 Å². The number of hydroxylamine groups is 2. The van der Waals surface area contributed by atoms with Crippen molar-refractivity contribution in [1.29, 1.82) is 0 Å². The van der Waals surface area contributed by atoms with Gasteiger partial charge < -0.3 is 24.1 Å². The van der Waals surface area contributed by atoms with Crippen LogP contribution in [0, 0.1) is 81.4 Å². The summed E-state index contributed by atoms with van der Waals surface area (Å²) < 4.78 is 29.9. The third-order valence-corrected chi connectivity index (χ3v) is 4.82. The molecule has 4 fully saturated rings. The van der Waals surface area contributed by atoms with Crippen LogP contribution in [0.5, 0.6) is 0 Å². The molecule has 9 heteroatoms. The van der Waals surface area contributed by atoms with E-state index in [0.29, 0.717) is 19.8 Å². The minimum Gasteiger partial charge on any atom is -0.543 e. The van der Waals surface area contributed by atoms with Crippen LogP contribution in [0.1, 0.15) is 8.27 Å². The number of nitrogens with zero attached hydrogens (tertiary/aromatic N) is 1. The van der Waals surface area contributed by atoms with Gasteiger partial charge in [0.25, 0.3) is 0 Å². The third-order valence-electron chi connectivity index (χ3n) is 4.82. The second-order valence-corrected chi connectivity index (χ2v) is 6.32. The van der Waals surface area contributed by atoms with Gasteiger partial charge in [0.15, 0.2) is 0 Å². The monoisotopic (exact) mass is 776 g/mol. The van der Waals surface area contributed by atoms with Crippen molar-refractivity contribution in [2.45, 2.75) is 36.4 Å². The summed E-state index contributed by atoms with van der Waals surface area (Å²) in [4.78, 5) is 5.76. The summed E-state index contributed by atoms with van der Waals surface area (Å²) in [5.41, 5.74) is -1.36. The number of hydrogen-bond donors (Lipinski definition) is 1. The van der Waals surface area contributed by atoms with Gasteiger partial charge in [0.2, 0.25) is 0 Å². The third kappa shape index (κ3) is 3.64. The zero-order valence-electron chi connectivity index (χ0n) is 13.9. The molecule has 1 N–H and O–H groups in total. The summed E-state index contributed by atoms with van der Waals surface area (Å²) in [6.45, 7) is 4.95. The fourth-order valence-corrected chi connectivity index (χ4v) is 3.33. The molecule has 0 saturated carbocycles. The Labute approximate surface area is 185 Å². The van der Waals surface area contributed by atoms with Crippen LogP contribution in [0.2, 0.25) is 0 Å². The maximum absolute atomic E-state index is 10.1. The second-order valence-electron chi connectivity index (χ2n) is 6.32. The normalized spacial score (nSPS) is 47.5. The molecule has 4 bridgehead atoms. The van der Waals surface area contributed by atoms with Crippen molar-refractivity contribution in [3.8, 4) is 0 Å². The van der Waals surface area contributed by atoms with Crippen LogP contribution in [0.4, 0.5) is 0 Å². The summed E-state index contributed by atoms with van der Waals surface area (Å²) in [5, 5.41) is 11.8. The fourth-order valence-electron chi connectivity index (χ4n) is 3.33. The Kier molecular flexibility index (Phi) is 6.66. The van der Waals surface area contributed by atoms with Gasteiger partial charge in [-0.2, -0.15) is 18.3 Å². The fraction of sp³-hybridized carbons (Fsp3) is 0.857. The van der Waals surface area contributed by atoms with Crippen LogP contribution >= 0.6 is 0 Å². The zero-order valence-corrected chi connectivity index (χ0v) is 21.3. The van der Waals surface area contributed by atoms with Crippen LogP contribution in [-0.4, -0.2) is 73.1 Å². The van der Waals surface area contributed by atoms with E-state index in [4.69, 9.17) is 25.2 Å². The molecule has 4 heterocycles. The second kappa shape index (κ2) is 7.83. The molecule has 4 aliphatic rings. The first-order valence-corrected chi connectivity index (χ1v) is 7.15. The molecule has 4 saturated heterocycles. The average Bonchev–Trinajstić information content (AvgIpc) is 3.25. The van der Waals surface area contributed by atoms with Crippen molar-refractivity contribution >= 4 is 0 Å². The Morgan fingerprint density at radius 3 is 2.52 bits per heavy atom. The Morgan fingerprint density at radius 2 is 2.00 bits per heavy atom. The number of aliphatic hydroxyl groups excluding tert-OH is 1. The molecule has 7 nitrogen and oxygen atoms in total. The van der Waals surface area contributed by atoms with E-state index in [9.17, 15) is 5.11 Å². The van der Waals surface area contributed by atoms with Gasteiger partial charge in [-0.05, 0) is 19.1 Å². The van der Waals surface area contributed by atoms with Crippen molar-refractivity contribution in [3.05, 3.63) is 13.2 Å². The van der Waals surface area contributed by atoms with Crippen LogP contribution in [0.3, 0.4) is 0 Å². The van der Waals surface area contributed by atoms with Gasteiger partial charge in [-0.25, -0.2) is 0 Å². The molecule has 128 valence electrons. The Hall–Kier alpha value is 1.82. The maximum atomic E-state index is 10.1. The molecule has 0 unspecified atom stereocenters. The molecule has 6 atom stereocenters. The van der Waals surface area contributed by atoms with E-state index in [-0.39, 0.29) is 93.9 Å². The molecular weight excluding hydrogens is 754 g/mol. The van der Waals surface area contributed by atoms with E-state index in [1.165, 1.54) is 6.61 Å². The largest absolute Gasteiger partial charge is 0.543 e. The molecule has 0 amide bonds. The summed E-state index contributed by atoms with van der Waals surface area (Å²) in [6.07, 6.45) is -1.14. The first-order valence-electron chi connectivity index (χ1n) is 7.86. The number of hydrogen-bond acceptors (Lipinski definition) is 7. The summed E-state index contributed by atoms with van der Waals surface area (Å²) in [7, 11) is 1.82. The number of rotatable bonds is 5. The molecule has 4 rings (SSSR count). The zero-order chi connectivity index (χ0) is 15.4. The van der Waals surface area contributed by atoms with Crippen molar-refractivity contribution in [3.63, 3.8) is 0 Å². The minimum atomic E-state index is -0.806. The van der Waals surface area contributed by atoms with E-state index in [2.05, 4.69) is 0 Å². The van der Waals surface area contributed by atoms with Crippen LogP contribution in [-0.2, 0) is 23.8 Å². The number of ether oxygens (including phenoxy) is 4. The standard InChI is InChI=1S/C14H21NO6.2U/c1-13-6-17-10(4-19-13)9(13)3-15(2)21-8-14-7-18-11(5-20-14)12(14)16;;/h4-5,9-12,16H,3,6-8H2,1-2H3;;/q-2;;/t9-,10-,11-,12-,13-,14+;;/m0../s1/i1D;;. The van der Waals surface area contributed by atoms with Gasteiger partial charge in [0.05, 0.1) is 31.5 Å². The van der Waals surface area contributed by atoms with E-state index in [0.717, 1.165) is 0 Å². The van der Waals surface area contributed by atoms with Crippen molar-refractivity contribution < 1.29 is 92.5 Å². The number of fused-ring (bicyclic) bond motifs is 4. The summed E-state index contributed by atoms with van der Waals surface area (Å²) in [5.74, 6) is 0.0704. The summed E-state index contributed by atoms with van der Waals surface area (Å²) in [6, 6.07) is 0. The van der Waals surface area contributed by atoms with E-state index >= 15 is 0 Å². The van der Waals surface area contributed by atoms with Crippen molar-refractivity contribution in [2.24, 2.45) is 5.92 Å². The predicted octanol–water partition coefficient (Wildman–Crippen LogP) is -0.494. The topological polar surface area (TPSA) is 69.6 Å². The molecule has 0 aliphatic carbocycles. The Morgan fingerprint density at radius 1 is 1.26 bits per heavy atom. The quantitative estimate of drug-likeness (QED) is 0.299. The van der Waals surface area contributed by atoms with Gasteiger partial charge in [0.1, 0.15) is 5.60 Å². The van der Waals surface area contributed by atoms with Gasteiger partial charge >= 0.3 is 0 Å². The molecule has 0 radical (unpaired) electrons. The van der Waals surface area contributed by atoms with Crippen LogP contribution in [0.25, 0.3) is 0 Å². The Bertz CT molecular complexity index is 431. The van der Waals surface area contributed by atoms with Crippen molar-refractivity contribution in [1.82, 2.24) is 5.06 Å². The molecule has 0 spiro atoms. The van der Waals surface area contributed by atoms with E-state index < -0.39 is 17.3 Å². The molecule has 23 heavy (non-hydrogen) atoms. The van der Waals surface area contributed by atoms with E-state index in [1.54, 1.807) is 11.7 Å². The maximum Gasteiger partial charge on any atom is 0.111 e. The first kappa shape index (κ1) is 19.6. The number of aliphatic hydroxyl groups is 1. The predicted molar refractivity (Wildman–Crippen MR) is 69.5 cm³/mol. The van der Waals surface area contributed by atoms with Gasteiger partial charge in [-0.15, -0.1) is 0 Å². The Balaban J connectivity index is 0.00000104. The molecule has 0 aromatic rings. The van der Waals surface area contributed by atoms with Gasteiger partial charge in [0, 0.05) is 83.1 Å². The smallest absolute Gasteiger partial charge is 0.111 e. The summed E-state index contributed by atoms with van der Waals surface area (Å²) >= 11 is 0. The van der Waals surface area contributed by atoms with Crippen molar-refractivity contribution in [2.75, 3.05) is 33.4 Å². The van der Waals surface area contributed by atoms with Gasteiger partial charge in [-0.1, -0.05) is 0 Å². The average molecular weight is 776 g/mol. The SMILES string of the molecule is [2H]C[C@@]12CO[C@@H]([CH-]O1)[C@@H]2CN(C)OC[C@@]12CO[C@@H]([CH-]O1)[C@@H]2O.[U].[U].